The van der Waals surface area contributed by atoms with Crippen LogP contribution in [0.5, 0.6) is 0 Å². The quantitative estimate of drug-likeness (QED) is 0.649. The van der Waals surface area contributed by atoms with Crippen LogP contribution < -0.4 is 0 Å². The van der Waals surface area contributed by atoms with Crippen LogP contribution in [0.4, 0.5) is 0 Å². The fourth-order valence-electron chi connectivity index (χ4n) is 1.47. The molecule has 1 heterocycles. The summed E-state index contributed by atoms with van der Waals surface area (Å²) in [4.78, 5) is 0. The number of ether oxygens (including phenoxy) is 1. The van der Waals surface area contributed by atoms with E-state index >= 15 is 0 Å². The Morgan fingerprint density at radius 1 is 1.29 bits per heavy atom. The summed E-state index contributed by atoms with van der Waals surface area (Å²) in [6.45, 7) is 5.35. The minimum Gasteiger partial charge on any atom is -0.496 e. The van der Waals surface area contributed by atoms with E-state index in [2.05, 4.69) is 30.9 Å². The molecule has 2 aliphatic rings. The van der Waals surface area contributed by atoms with Gasteiger partial charge in [0.15, 0.2) is 0 Å². The predicted molar refractivity (Wildman–Crippen MR) is 68.2 cm³/mol. The van der Waals surface area contributed by atoms with Crippen molar-refractivity contribution in [3.8, 4) is 0 Å². The minimum atomic E-state index is -0.254. The van der Waals surface area contributed by atoms with Crippen molar-refractivity contribution in [2.24, 2.45) is 0 Å². The summed E-state index contributed by atoms with van der Waals surface area (Å²) in [6.07, 6.45) is 6.29. The lowest BCUT2D eigenvalue weighted by molar-refractivity contribution is 0.301. The summed E-state index contributed by atoms with van der Waals surface area (Å²) in [6, 6.07) is 0. The van der Waals surface area contributed by atoms with E-state index in [1.165, 1.54) is 16.7 Å². The van der Waals surface area contributed by atoms with Gasteiger partial charge in [-0.3, -0.25) is 0 Å². The zero-order valence-electron chi connectivity index (χ0n) is 8.24. The summed E-state index contributed by atoms with van der Waals surface area (Å²) in [5, 5.41) is 0. The normalized spacial score (nSPS) is 16.3. The molecule has 14 heavy (non-hydrogen) atoms. The molecule has 0 N–H and O–H groups in total. The van der Waals surface area contributed by atoms with Crippen LogP contribution in [-0.4, -0.2) is 20.7 Å². The van der Waals surface area contributed by atoms with Crippen molar-refractivity contribution >= 4 is 38.9 Å². The fraction of sp³-hybridized carbons (Fsp3) is 0.300. The summed E-state index contributed by atoms with van der Waals surface area (Å²) < 4.78 is 5.18. The third-order valence-corrected chi connectivity index (χ3v) is 2.85. The first-order valence-electron chi connectivity index (χ1n) is 4.15. The van der Waals surface area contributed by atoms with Gasteiger partial charge in [-0.05, 0) is 17.7 Å². The lowest BCUT2D eigenvalue weighted by Crippen LogP contribution is -1.92. The smallest absolute Gasteiger partial charge is 0.113 e. The van der Waals surface area contributed by atoms with E-state index in [4.69, 9.17) is 4.74 Å². The minimum absolute atomic E-state index is 0. The van der Waals surface area contributed by atoms with E-state index in [1.807, 2.05) is 6.26 Å². The highest BCUT2D eigenvalue weighted by Gasteiger charge is 2.15. The molecule has 0 aromatic rings. The maximum absolute atomic E-state index is 5.18. The molecule has 0 radical (unpaired) electrons. The molecule has 1 nitrogen and oxygen atoms in total. The van der Waals surface area contributed by atoms with E-state index in [0.717, 1.165) is 6.61 Å². The fourth-order valence-corrected chi connectivity index (χ4v) is 2.30. The molecule has 0 fully saturated rings. The van der Waals surface area contributed by atoms with Gasteiger partial charge in [0, 0.05) is 19.6 Å². The van der Waals surface area contributed by atoms with E-state index in [1.54, 1.807) is 0 Å². The molecule has 78 valence electrons. The van der Waals surface area contributed by atoms with Crippen LogP contribution in [0.15, 0.2) is 35.1 Å². The van der Waals surface area contributed by atoms with Crippen molar-refractivity contribution in [3.05, 3.63) is 35.1 Å². The summed E-state index contributed by atoms with van der Waals surface area (Å²) in [7, 11) is -0.254. The van der Waals surface area contributed by atoms with Crippen LogP contribution in [0, 0.1) is 0 Å². The molecule has 0 spiro atoms. The Hall–Kier alpha value is -0.313. The zero-order chi connectivity index (χ0) is 8.55. The zero-order valence-corrected chi connectivity index (χ0v) is 10.9. The van der Waals surface area contributed by atoms with Crippen molar-refractivity contribution in [1.29, 1.82) is 0 Å². The van der Waals surface area contributed by atoms with Crippen LogP contribution in [0.2, 0.25) is 13.1 Å². The van der Waals surface area contributed by atoms with Crippen LogP contribution >= 0.6 is 24.8 Å². The van der Waals surface area contributed by atoms with Gasteiger partial charge in [-0.2, -0.15) is 0 Å². The van der Waals surface area contributed by atoms with E-state index in [9.17, 15) is 0 Å². The van der Waals surface area contributed by atoms with E-state index in [-0.39, 0.29) is 33.2 Å². The molecule has 2 rings (SSSR count). The number of hydrogen-bond acceptors (Lipinski definition) is 1. The first-order valence-corrected chi connectivity index (χ1v) is 6.73. The molecule has 0 aromatic heterocycles. The Bertz CT molecular complexity index is 336. The van der Waals surface area contributed by atoms with Crippen molar-refractivity contribution in [3.63, 3.8) is 0 Å². The monoisotopic (exact) mass is 248 g/mol. The second-order valence-corrected chi connectivity index (χ2v) is 5.86. The number of halogens is 2. The Morgan fingerprint density at radius 3 is 2.57 bits per heavy atom. The van der Waals surface area contributed by atoms with Crippen LogP contribution in [-0.2, 0) is 4.74 Å². The van der Waals surface area contributed by atoms with Crippen molar-refractivity contribution in [2.75, 3.05) is 6.61 Å². The molecule has 0 bridgehead atoms. The van der Waals surface area contributed by atoms with Gasteiger partial charge in [0.1, 0.15) is 6.61 Å². The highest BCUT2D eigenvalue weighted by Crippen LogP contribution is 2.27. The maximum atomic E-state index is 5.18. The molecule has 0 saturated heterocycles. The van der Waals surface area contributed by atoms with Crippen LogP contribution in [0.25, 0.3) is 0 Å². The summed E-state index contributed by atoms with van der Waals surface area (Å²) >= 11 is 0. The molecule has 0 saturated carbocycles. The van der Waals surface area contributed by atoms with Gasteiger partial charge in [-0.1, -0.05) is 18.8 Å². The van der Waals surface area contributed by atoms with Crippen molar-refractivity contribution in [2.45, 2.75) is 13.1 Å². The lowest BCUT2D eigenvalue weighted by Gasteiger charge is -1.91. The van der Waals surface area contributed by atoms with Crippen LogP contribution in [0.3, 0.4) is 0 Å². The molecule has 0 aromatic carbocycles. The molecule has 0 atom stereocenters. The number of fused-ring (bicyclic) bond motifs is 1. The number of allylic oxidation sites excluding steroid dienone is 3. The van der Waals surface area contributed by atoms with Gasteiger partial charge in [-0.25, -0.2) is 0 Å². The van der Waals surface area contributed by atoms with Crippen molar-refractivity contribution in [1.82, 2.24) is 0 Å². The maximum Gasteiger partial charge on any atom is 0.113 e. The third kappa shape index (κ3) is 2.84. The average molecular weight is 249 g/mol. The standard InChI is InChI=1S/C10H12OSi.2ClH/c1-12(2)7-8-3-9-5-11-6-10(9)4-8;;/h3-5,7H,6H2,1-2H3;2*1H. The topological polar surface area (TPSA) is 9.23 Å². The molecule has 0 unspecified atom stereocenters. The first-order chi connectivity index (χ1) is 5.75. The molecule has 1 aliphatic carbocycles. The van der Waals surface area contributed by atoms with Gasteiger partial charge in [0.25, 0.3) is 0 Å². The highest BCUT2D eigenvalue weighted by atomic mass is 35.5. The van der Waals surface area contributed by atoms with E-state index < -0.39 is 0 Å². The predicted octanol–water partition coefficient (Wildman–Crippen LogP) is 2.75. The van der Waals surface area contributed by atoms with Gasteiger partial charge in [0.05, 0.1) is 6.26 Å². The highest BCUT2D eigenvalue weighted by molar-refractivity contribution is 6.66. The molecular formula is C10H14Cl2OSi. The summed E-state index contributed by atoms with van der Waals surface area (Å²) in [5.41, 5.74) is 6.35. The number of rotatable bonds is 1. The molecule has 0 amide bonds. The van der Waals surface area contributed by atoms with Gasteiger partial charge >= 0.3 is 0 Å². The second kappa shape index (κ2) is 5.54. The van der Waals surface area contributed by atoms with Gasteiger partial charge < -0.3 is 4.74 Å². The Labute approximate surface area is 98.6 Å². The Kier molecular flexibility index (Phi) is 5.42. The molecule has 4 heteroatoms. The molecule has 1 aliphatic heterocycles. The summed E-state index contributed by atoms with van der Waals surface area (Å²) in [5.74, 6) is 0. The Balaban J connectivity index is 0.000000845. The largest absolute Gasteiger partial charge is 0.496 e. The second-order valence-electron chi connectivity index (χ2n) is 3.42. The first kappa shape index (κ1) is 13.7. The third-order valence-electron chi connectivity index (χ3n) is 1.94. The molecular weight excluding hydrogens is 235 g/mol. The van der Waals surface area contributed by atoms with Crippen LogP contribution in [0.1, 0.15) is 0 Å². The lowest BCUT2D eigenvalue weighted by atomic mass is 10.2. The van der Waals surface area contributed by atoms with Crippen molar-refractivity contribution < 1.29 is 4.74 Å². The number of hydrogen-bond donors (Lipinski definition) is 0. The van der Waals surface area contributed by atoms with Gasteiger partial charge in [0.2, 0.25) is 0 Å². The van der Waals surface area contributed by atoms with Gasteiger partial charge in [-0.15, -0.1) is 24.8 Å². The van der Waals surface area contributed by atoms with E-state index in [0.29, 0.717) is 0 Å². The Morgan fingerprint density at radius 2 is 2.00 bits per heavy atom. The SMILES string of the molecule is C[Si](C)=CC1=CC2=COCC2=C1.Cl.Cl. The average Bonchev–Trinajstić information content (AvgIpc) is 2.43.